The number of halogens is 1. The third kappa shape index (κ3) is 3.80. The Labute approximate surface area is 161 Å². The lowest BCUT2D eigenvalue weighted by Crippen LogP contribution is -2.13. The highest BCUT2D eigenvalue weighted by atomic mass is 35.5. The SMILES string of the molecule is Cc1ccc(NC(=O)c2ccc(Nc3ccc4c(c3)OCO4)cn2)cc1Cl. The van der Waals surface area contributed by atoms with Crippen LogP contribution in [0.15, 0.2) is 54.7 Å². The maximum Gasteiger partial charge on any atom is 0.274 e. The van der Waals surface area contributed by atoms with Crippen molar-refractivity contribution in [3.8, 4) is 11.5 Å². The fourth-order valence-electron chi connectivity index (χ4n) is 2.61. The molecule has 0 bridgehead atoms. The van der Waals surface area contributed by atoms with Gasteiger partial charge in [0.2, 0.25) is 6.79 Å². The highest BCUT2D eigenvalue weighted by Crippen LogP contribution is 2.35. The molecule has 3 aromatic rings. The summed E-state index contributed by atoms with van der Waals surface area (Å²) in [5, 5.41) is 6.60. The van der Waals surface area contributed by atoms with Gasteiger partial charge in [0.05, 0.1) is 11.9 Å². The molecule has 4 rings (SSSR count). The van der Waals surface area contributed by atoms with Gasteiger partial charge in [-0.3, -0.25) is 4.79 Å². The topological polar surface area (TPSA) is 72.5 Å². The molecule has 0 unspecified atom stereocenters. The number of amides is 1. The zero-order chi connectivity index (χ0) is 18.8. The lowest BCUT2D eigenvalue weighted by atomic mass is 10.2. The quantitative estimate of drug-likeness (QED) is 0.681. The summed E-state index contributed by atoms with van der Waals surface area (Å²) in [5.41, 5.74) is 3.48. The first-order chi connectivity index (χ1) is 13.1. The summed E-state index contributed by atoms with van der Waals surface area (Å²) in [6.45, 7) is 2.14. The number of nitrogens with zero attached hydrogens (tertiary/aromatic N) is 1. The van der Waals surface area contributed by atoms with E-state index in [-0.39, 0.29) is 12.7 Å². The Morgan fingerprint density at radius 2 is 1.78 bits per heavy atom. The first-order valence-corrected chi connectivity index (χ1v) is 8.66. The molecule has 27 heavy (non-hydrogen) atoms. The summed E-state index contributed by atoms with van der Waals surface area (Å²) in [6.07, 6.45) is 1.60. The summed E-state index contributed by atoms with van der Waals surface area (Å²) in [7, 11) is 0. The van der Waals surface area contributed by atoms with Crippen LogP contribution in [0.3, 0.4) is 0 Å². The molecule has 0 spiro atoms. The van der Waals surface area contributed by atoms with Gasteiger partial charge in [-0.2, -0.15) is 0 Å². The van der Waals surface area contributed by atoms with Crippen LogP contribution in [0.2, 0.25) is 5.02 Å². The van der Waals surface area contributed by atoms with Crippen LogP contribution in [0.1, 0.15) is 16.1 Å². The maximum absolute atomic E-state index is 12.3. The van der Waals surface area contributed by atoms with Crippen LogP contribution in [0.25, 0.3) is 0 Å². The predicted octanol–water partition coefficient (Wildman–Crippen LogP) is 4.77. The second-order valence-electron chi connectivity index (χ2n) is 6.04. The summed E-state index contributed by atoms with van der Waals surface area (Å²) in [6, 6.07) is 14.4. The zero-order valence-electron chi connectivity index (χ0n) is 14.5. The van der Waals surface area contributed by atoms with Crippen LogP contribution in [0.4, 0.5) is 17.1 Å². The molecule has 0 aliphatic carbocycles. The minimum Gasteiger partial charge on any atom is -0.454 e. The van der Waals surface area contributed by atoms with Crippen molar-refractivity contribution in [2.24, 2.45) is 0 Å². The Morgan fingerprint density at radius 1 is 1.00 bits per heavy atom. The van der Waals surface area contributed by atoms with E-state index in [9.17, 15) is 4.79 Å². The van der Waals surface area contributed by atoms with E-state index in [2.05, 4.69) is 15.6 Å². The molecular weight excluding hydrogens is 366 g/mol. The Morgan fingerprint density at radius 3 is 2.56 bits per heavy atom. The van der Waals surface area contributed by atoms with Gasteiger partial charge < -0.3 is 20.1 Å². The highest BCUT2D eigenvalue weighted by molar-refractivity contribution is 6.31. The van der Waals surface area contributed by atoms with E-state index in [0.717, 1.165) is 22.7 Å². The molecule has 0 fully saturated rings. The number of fused-ring (bicyclic) bond motifs is 1. The van der Waals surface area contributed by atoms with Crippen molar-refractivity contribution in [2.45, 2.75) is 6.92 Å². The number of carbonyl (C=O) groups excluding carboxylic acids is 1. The van der Waals surface area contributed by atoms with E-state index in [0.29, 0.717) is 22.2 Å². The standard InChI is InChI=1S/C20H16ClN3O3/c1-12-2-3-13(8-16(12)21)24-20(25)17-6-4-15(10-22-17)23-14-5-7-18-19(9-14)27-11-26-18/h2-10,23H,11H2,1H3,(H,24,25). The Hall–Kier alpha value is -3.25. The molecule has 1 amide bonds. The third-order valence-corrected chi connectivity index (χ3v) is 4.49. The van der Waals surface area contributed by atoms with Gasteiger partial charge in [0.15, 0.2) is 11.5 Å². The second-order valence-corrected chi connectivity index (χ2v) is 6.45. The molecule has 136 valence electrons. The molecule has 1 aliphatic rings. The van der Waals surface area contributed by atoms with E-state index in [1.54, 1.807) is 30.5 Å². The zero-order valence-corrected chi connectivity index (χ0v) is 15.2. The number of rotatable bonds is 4. The van der Waals surface area contributed by atoms with Crippen LogP contribution in [0.5, 0.6) is 11.5 Å². The number of aryl methyl sites for hydroxylation is 1. The summed E-state index contributed by atoms with van der Waals surface area (Å²) in [5.74, 6) is 1.12. The lowest BCUT2D eigenvalue weighted by molar-refractivity contribution is 0.102. The van der Waals surface area contributed by atoms with Crippen molar-refractivity contribution in [3.63, 3.8) is 0 Å². The second kappa shape index (κ2) is 7.17. The number of carbonyl (C=O) groups is 1. The average molecular weight is 382 g/mol. The normalized spacial score (nSPS) is 11.9. The summed E-state index contributed by atoms with van der Waals surface area (Å²) < 4.78 is 10.7. The number of hydrogen-bond acceptors (Lipinski definition) is 5. The third-order valence-electron chi connectivity index (χ3n) is 4.09. The van der Waals surface area contributed by atoms with E-state index < -0.39 is 0 Å². The van der Waals surface area contributed by atoms with Crippen molar-refractivity contribution in [3.05, 3.63) is 71.0 Å². The van der Waals surface area contributed by atoms with Crippen LogP contribution in [-0.2, 0) is 0 Å². The molecule has 0 atom stereocenters. The van der Waals surface area contributed by atoms with E-state index >= 15 is 0 Å². The van der Waals surface area contributed by atoms with Gasteiger partial charge in [0.1, 0.15) is 5.69 Å². The monoisotopic (exact) mass is 381 g/mol. The molecule has 2 heterocycles. The number of anilines is 3. The van der Waals surface area contributed by atoms with Crippen molar-refractivity contribution in [2.75, 3.05) is 17.4 Å². The van der Waals surface area contributed by atoms with Gasteiger partial charge in [0, 0.05) is 22.5 Å². The molecule has 2 N–H and O–H groups in total. The van der Waals surface area contributed by atoms with Gasteiger partial charge in [-0.25, -0.2) is 4.98 Å². The van der Waals surface area contributed by atoms with Crippen molar-refractivity contribution >= 4 is 34.6 Å². The fourth-order valence-corrected chi connectivity index (χ4v) is 2.79. The number of benzene rings is 2. The van der Waals surface area contributed by atoms with Gasteiger partial charge in [-0.1, -0.05) is 17.7 Å². The number of hydrogen-bond donors (Lipinski definition) is 2. The molecule has 2 aromatic carbocycles. The van der Waals surface area contributed by atoms with Gasteiger partial charge >= 0.3 is 0 Å². The number of pyridine rings is 1. The Kier molecular flexibility index (Phi) is 4.56. The van der Waals surface area contributed by atoms with Gasteiger partial charge in [-0.15, -0.1) is 0 Å². The maximum atomic E-state index is 12.3. The summed E-state index contributed by atoms with van der Waals surface area (Å²) >= 11 is 6.08. The molecule has 6 nitrogen and oxygen atoms in total. The smallest absolute Gasteiger partial charge is 0.274 e. The number of nitrogens with one attached hydrogen (secondary N) is 2. The van der Waals surface area contributed by atoms with Crippen LogP contribution >= 0.6 is 11.6 Å². The van der Waals surface area contributed by atoms with Crippen molar-refractivity contribution in [1.82, 2.24) is 4.98 Å². The van der Waals surface area contributed by atoms with E-state index in [1.165, 1.54) is 0 Å². The number of aromatic nitrogens is 1. The minimum atomic E-state index is -0.301. The largest absolute Gasteiger partial charge is 0.454 e. The van der Waals surface area contributed by atoms with Crippen LogP contribution in [-0.4, -0.2) is 17.7 Å². The first kappa shape index (κ1) is 17.2. The summed E-state index contributed by atoms with van der Waals surface area (Å²) in [4.78, 5) is 16.6. The first-order valence-electron chi connectivity index (χ1n) is 8.29. The Balaban J connectivity index is 1.43. The van der Waals surface area contributed by atoms with Gasteiger partial charge in [-0.05, 0) is 48.9 Å². The molecule has 7 heteroatoms. The van der Waals surface area contributed by atoms with Crippen LogP contribution in [0, 0.1) is 6.92 Å². The van der Waals surface area contributed by atoms with E-state index in [4.69, 9.17) is 21.1 Å². The average Bonchev–Trinajstić information content (AvgIpc) is 3.13. The lowest BCUT2D eigenvalue weighted by Gasteiger charge is -2.09. The molecule has 0 saturated carbocycles. The van der Waals surface area contributed by atoms with Crippen molar-refractivity contribution < 1.29 is 14.3 Å². The fraction of sp³-hybridized carbons (Fsp3) is 0.100. The molecular formula is C20H16ClN3O3. The number of ether oxygens (including phenoxy) is 2. The predicted molar refractivity (Wildman–Crippen MR) is 104 cm³/mol. The Bertz CT molecular complexity index is 1010. The van der Waals surface area contributed by atoms with E-state index in [1.807, 2.05) is 31.2 Å². The van der Waals surface area contributed by atoms with Gasteiger partial charge in [0.25, 0.3) is 5.91 Å². The highest BCUT2D eigenvalue weighted by Gasteiger charge is 2.13. The molecule has 1 aromatic heterocycles. The van der Waals surface area contributed by atoms with Crippen LogP contribution < -0.4 is 20.1 Å². The molecule has 0 radical (unpaired) electrons. The van der Waals surface area contributed by atoms with Crippen molar-refractivity contribution in [1.29, 1.82) is 0 Å². The molecule has 0 saturated heterocycles. The molecule has 1 aliphatic heterocycles. The minimum absolute atomic E-state index is 0.232.